The van der Waals surface area contributed by atoms with Gasteiger partial charge in [0.15, 0.2) is 0 Å². The van der Waals surface area contributed by atoms with E-state index in [1.807, 2.05) is 0 Å². The van der Waals surface area contributed by atoms with Gasteiger partial charge in [-0.1, -0.05) is 74.1 Å². The minimum absolute atomic E-state index is 0.0871. The number of methoxy groups -OCH3 is 1. The van der Waals surface area contributed by atoms with E-state index in [0.717, 1.165) is 64.2 Å². The van der Waals surface area contributed by atoms with Crippen molar-refractivity contribution in [2.45, 2.75) is 77.6 Å². The molecule has 164 valence electrons. The number of esters is 1. The summed E-state index contributed by atoms with van der Waals surface area (Å²) in [5.74, 6) is -0.0871. The van der Waals surface area contributed by atoms with Gasteiger partial charge < -0.3 is 9.47 Å². The fourth-order valence-corrected chi connectivity index (χ4v) is 2.54. The molecule has 0 saturated heterocycles. The predicted molar refractivity (Wildman–Crippen MR) is 125 cm³/mol. The van der Waals surface area contributed by atoms with Crippen LogP contribution in [0.3, 0.4) is 0 Å². The molecule has 0 bridgehead atoms. The molecule has 0 aromatic rings. The van der Waals surface area contributed by atoms with Gasteiger partial charge in [-0.05, 0) is 51.4 Å². The lowest BCUT2D eigenvalue weighted by Crippen LogP contribution is -2.07. The molecule has 0 unspecified atom stereocenters. The van der Waals surface area contributed by atoms with Gasteiger partial charge in [-0.25, -0.2) is 0 Å². The van der Waals surface area contributed by atoms with Crippen molar-refractivity contribution in [3.8, 4) is 0 Å². The number of unbranched alkanes of at least 4 members (excludes halogenated alkanes) is 3. The fourth-order valence-electron chi connectivity index (χ4n) is 2.54. The zero-order valence-corrected chi connectivity index (χ0v) is 18.7. The van der Waals surface area contributed by atoms with Gasteiger partial charge in [0, 0.05) is 26.6 Å². The Kier molecular flexibility index (Phi) is 22.6. The summed E-state index contributed by atoms with van der Waals surface area (Å²) in [5.41, 5.74) is 0. The average Bonchev–Trinajstić information content (AvgIpc) is 2.73. The highest BCUT2D eigenvalue weighted by Crippen LogP contribution is 2.05. The zero-order chi connectivity index (χ0) is 21.3. The van der Waals surface area contributed by atoms with Crippen molar-refractivity contribution < 1.29 is 14.3 Å². The van der Waals surface area contributed by atoms with Crippen LogP contribution in [-0.2, 0) is 14.3 Å². The quantitative estimate of drug-likeness (QED) is 0.129. The van der Waals surface area contributed by atoms with Crippen LogP contribution in [0.1, 0.15) is 77.6 Å². The smallest absolute Gasteiger partial charge is 0.305 e. The second kappa shape index (κ2) is 24.2. The standard InChI is InChI=1S/C26H42O3/c1-3-4-5-6-7-8-9-10-11-12-13-14-15-16-17-18-19-20-21-23-26(27)29-25-22-24-28-2/h4-5,7-8,10-11,13-14,16-17H,3,6,9,12,15,18-25H2,1-2H3/b5-4-,8-7-,11-10-,14-13-,17-16-. The van der Waals surface area contributed by atoms with Gasteiger partial charge >= 0.3 is 5.97 Å². The molecule has 0 aliphatic heterocycles. The van der Waals surface area contributed by atoms with Crippen LogP contribution < -0.4 is 0 Å². The summed E-state index contributed by atoms with van der Waals surface area (Å²) in [5, 5.41) is 0. The number of hydrogen-bond acceptors (Lipinski definition) is 3. The second-order valence-corrected chi connectivity index (χ2v) is 6.87. The lowest BCUT2D eigenvalue weighted by molar-refractivity contribution is -0.144. The van der Waals surface area contributed by atoms with Crippen LogP contribution in [0.25, 0.3) is 0 Å². The molecule has 0 aliphatic rings. The number of carbonyl (C=O) groups is 1. The van der Waals surface area contributed by atoms with E-state index in [0.29, 0.717) is 19.6 Å². The Hall–Kier alpha value is -1.87. The monoisotopic (exact) mass is 402 g/mol. The van der Waals surface area contributed by atoms with Gasteiger partial charge in [-0.3, -0.25) is 4.79 Å². The maximum absolute atomic E-state index is 11.5. The Morgan fingerprint density at radius 2 is 1.21 bits per heavy atom. The molecular formula is C26H42O3. The highest BCUT2D eigenvalue weighted by atomic mass is 16.5. The van der Waals surface area contributed by atoms with Crippen molar-refractivity contribution in [1.82, 2.24) is 0 Å². The molecule has 0 aromatic heterocycles. The Morgan fingerprint density at radius 1 is 0.655 bits per heavy atom. The fraction of sp³-hybridized carbons (Fsp3) is 0.577. The Morgan fingerprint density at radius 3 is 1.76 bits per heavy atom. The van der Waals surface area contributed by atoms with Crippen molar-refractivity contribution in [3.05, 3.63) is 60.8 Å². The summed E-state index contributed by atoms with van der Waals surface area (Å²) < 4.78 is 10.0. The first-order valence-electron chi connectivity index (χ1n) is 11.2. The van der Waals surface area contributed by atoms with Gasteiger partial charge in [0.2, 0.25) is 0 Å². The molecule has 0 heterocycles. The molecule has 29 heavy (non-hydrogen) atoms. The number of ether oxygens (including phenoxy) is 2. The van der Waals surface area contributed by atoms with Crippen molar-refractivity contribution >= 4 is 5.97 Å². The van der Waals surface area contributed by atoms with E-state index in [4.69, 9.17) is 9.47 Å². The van der Waals surface area contributed by atoms with Gasteiger partial charge in [0.1, 0.15) is 0 Å². The first kappa shape index (κ1) is 27.1. The molecule has 0 fully saturated rings. The molecule has 0 atom stereocenters. The summed E-state index contributed by atoms with van der Waals surface area (Å²) >= 11 is 0. The summed E-state index contributed by atoms with van der Waals surface area (Å²) in [6.45, 7) is 3.26. The van der Waals surface area contributed by atoms with Crippen molar-refractivity contribution in [3.63, 3.8) is 0 Å². The topological polar surface area (TPSA) is 35.5 Å². The molecule has 0 spiro atoms. The maximum Gasteiger partial charge on any atom is 0.305 e. The number of rotatable bonds is 19. The molecular weight excluding hydrogens is 360 g/mol. The lowest BCUT2D eigenvalue weighted by Gasteiger charge is -2.04. The molecule has 0 amide bonds. The first-order chi connectivity index (χ1) is 14.3. The van der Waals surface area contributed by atoms with Gasteiger partial charge in [0.05, 0.1) is 6.61 Å². The van der Waals surface area contributed by atoms with Crippen LogP contribution in [0, 0.1) is 0 Å². The third-order valence-electron chi connectivity index (χ3n) is 4.17. The largest absolute Gasteiger partial charge is 0.466 e. The van der Waals surface area contributed by atoms with Crippen LogP contribution >= 0.6 is 0 Å². The van der Waals surface area contributed by atoms with Crippen LogP contribution in [0.15, 0.2) is 60.8 Å². The Bertz CT molecular complexity index is 498. The maximum atomic E-state index is 11.5. The average molecular weight is 403 g/mol. The minimum atomic E-state index is -0.0871. The van der Waals surface area contributed by atoms with E-state index >= 15 is 0 Å². The van der Waals surface area contributed by atoms with Crippen LogP contribution in [0.5, 0.6) is 0 Å². The third kappa shape index (κ3) is 24.1. The molecule has 0 saturated carbocycles. The van der Waals surface area contributed by atoms with Gasteiger partial charge in [-0.15, -0.1) is 0 Å². The highest BCUT2D eigenvalue weighted by molar-refractivity contribution is 5.69. The molecule has 0 aromatic carbocycles. The third-order valence-corrected chi connectivity index (χ3v) is 4.17. The molecule has 3 heteroatoms. The van der Waals surface area contributed by atoms with E-state index in [-0.39, 0.29) is 5.97 Å². The summed E-state index contributed by atoms with van der Waals surface area (Å²) in [7, 11) is 1.65. The van der Waals surface area contributed by atoms with Crippen LogP contribution in [0.4, 0.5) is 0 Å². The summed E-state index contributed by atoms with van der Waals surface area (Å²) in [6, 6.07) is 0. The zero-order valence-electron chi connectivity index (χ0n) is 18.7. The molecule has 0 rings (SSSR count). The SMILES string of the molecule is CC/C=C\C/C=C\C/C=C\C/C=C\C/C=C\CCCCCC(=O)OCCCOC. The van der Waals surface area contributed by atoms with Gasteiger partial charge in [-0.2, -0.15) is 0 Å². The second-order valence-electron chi connectivity index (χ2n) is 6.87. The van der Waals surface area contributed by atoms with E-state index in [1.165, 1.54) is 0 Å². The highest BCUT2D eigenvalue weighted by Gasteiger charge is 2.01. The van der Waals surface area contributed by atoms with Crippen molar-refractivity contribution in [1.29, 1.82) is 0 Å². The number of allylic oxidation sites excluding steroid dienone is 10. The van der Waals surface area contributed by atoms with E-state index in [1.54, 1.807) is 7.11 Å². The molecule has 3 nitrogen and oxygen atoms in total. The number of hydrogen-bond donors (Lipinski definition) is 0. The first-order valence-corrected chi connectivity index (χ1v) is 11.2. The molecule has 0 aliphatic carbocycles. The van der Waals surface area contributed by atoms with Crippen molar-refractivity contribution in [2.75, 3.05) is 20.3 Å². The summed E-state index contributed by atoms with van der Waals surface area (Å²) in [6.07, 6.45) is 32.8. The van der Waals surface area contributed by atoms with E-state index in [9.17, 15) is 4.79 Å². The van der Waals surface area contributed by atoms with Crippen molar-refractivity contribution in [2.24, 2.45) is 0 Å². The molecule has 0 N–H and O–H groups in total. The number of carbonyl (C=O) groups excluding carboxylic acids is 1. The Labute approximate surface area is 179 Å². The van der Waals surface area contributed by atoms with Crippen LogP contribution in [-0.4, -0.2) is 26.3 Å². The summed E-state index contributed by atoms with van der Waals surface area (Å²) in [4.78, 5) is 11.5. The van der Waals surface area contributed by atoms with E-state index < -0.39 is 0 Å². The van der Waals surface area contributed by atoms with E-state index in [2.05, 4.69) is 67.7 Å². The van der Waals surface area contributed by atoms with Crippen LogP contribution in [0.2, 0.25) is 0 Å². The lowest BCUT2D eigenvalue weighted by atomic mass is 10.1. The minimum Gasteiger partial charge on any atom is -0.466 e. The predicted octanol–water partition coefficient (Wildman–Crippen LogP) is 7.27. The van der Waals surface area contributed by atoms with Gasteiger partial charge in [0.25, 0.3) is 0 Å². The Balaban J connectivity index is 3.43. The normalized spacial score (nSPS) is 12.5. The molecule has 0 radical (unpaired) electrons.